The van der Waals surface area contributed by atoms with E-state index in [-0.39, 0.29) is 11.5 Å². The smallest absolute Gasteiger partial charge is 0.254 e. The van der Waals surface area contributed by atoms with Crippen LogP contribution in [0.1, 0.15) is 21.6 Å². The molecule has 0 fully saturated rings. The third kappa shape index (κ3) is 3.19. The quantitative estimate of drug-likeness (QED) is 0.913. The first-order chi connectivity index (χ1) is 9.08. The number of carbonyl (C=O) groups excluding carboxylic acids is 1. The molecule has 0 aliphatic rings. The number of benzene rings is 1. The monoisotopic (exact) mass is 261 g/mol. The highest BCUT2D eigenvalue weighted by Crippen LogP contribution is 2.09. The molecule has 1 aromatic heterocycles. The molecule has 0 bridgehead atoms. The third-order valence-corrected chi connectivity index (χ3v) is 2.96. The van der Waals surface area contributed by atoms with E-state index < -0.39 is 5.82 Å². The SMILES string of the molecule is Cc1ccc(C(=O)NCCc2ccnn2C)c(F)c1. The van der Waals surface area contributed by atoms with Gasteiger partial charge in [-0.25, -0.2) is 4.39 Å². The van der Waals surface area contributed by atoms with E-state index in [1.165, 1.54) is 12.1 Å². The largest absolute Gasteiger partial charge is 0.352 e. The van der Waals surface area contributed by atoms with Gasteiger partial charge in [-0.1, -0.05) is 6.07 Å². The van der Waals surface area contributed by atoms with Crippen molar-refractivity contribution in [2.75, 3.05) is 6.54 Å². The van der Waals surface area contributed by atoms with Crippen LogP contribution < -0.4 is 5.32 Å². The van der Waals surface area contributed by atoms with Gasteiger partial charge in [0.25, 0.3) is 5.91 Å². The summed E-state index contributed by atoms with van der Waals surface area (Å²) in [5.41, 5.74) is 1.89. The summed E-state index contributed by atoms with van der Waals surface area (Å²) in [7, 11) is 1.84. The molecule has 1 aromatic carbocycles. The highest BCUT2D eigenvalue weighted by molar-refractivity contribution is 5.94. The van der Waals surface area contributed by atoms with Crippen LogP contribution in [-0.2, 0) is 13.5 Å². The fourth-order valence-corrected chi connectivity index (χ4v) is 1.85. The Morgan fingerprint density at radius 2 is 2.21 bits per heavy atom. The average Bonchev–Trinajstić information content (AvgIpc) is 2.75. The van der Waals surface area contributed by atoms with Gasteiger partial charge in [0.05, 0.1) is 5.56 Å². The molecule has 0 radical (unpaired) electrons. The summed E-state index contributed by atoms with van der Waals surface area (Å²) in [5, 5.41) is 6.75. The Morgan fingerprint density at radius 3 is 2.84 bits per heavy atom. The fraction of sp³-hybridized carbons (Fsp3) is 0.286. The van der Waals surface area contributed by atoms with E-state index in [0.717, 1.165) is 11.3 Å². The zero-order chi connectivity index (χ0) is 13.8. The minimum absolute atomic E-state index is 0.0793. The molecule has 1 heterocycles. The second kappa shape index (κ2) is 5.65. The van der Waals surface area contributed by atoms with Gasteiger partial charge in [0.1, 0.15) is 5.82 Å². The van der Waals surface area contributed by atoms with Crippen molar-refractivity contribution < 1.29 is 9.18 Å². The first-order valence-corrected chi connectivity index (χ1v) is 6.09. The maximum absolute atomic E-state index is 13.6. The molecule has 1 amide bonds. The predicted octanol–water partition coefficient (Wildman–Crippen LogP) is 1.84. The standard InChI is InChI=1S/C14H16FN3O/c1-10-3-4-12(13(15)9-10)14(19)16-7-5-11-6-8-17-18(11)2/h3-4,6,8-9H,5,7H2,1-2H3,(H,16,19). The van der Waals surface area contributed by atoms with Crippen LogP contribution in [0, 0.1) is 12.7 Å². The molecule has 5 heteroatoms. The lowest BCUT2D eigenvalue weighted by Crippen LogP contribution is -2.27. The number of carbonyl (C=O) groups is 1. The van der Waals surface area contributed by atoms with Gasteiger partial charge in [0.15, 0.2) is 0 Å². The molecule has 0 aliphatic heterocycles. The molecule has 0 saturated carbocycles. The van der Waals surface area contributed by atoms with Gasteiger partial charge in [-0.2, -0.15) is 5.10 Å². The molecule has 0 atom stereocenters. The Hall–Kier alpha value is -2.17. The molecular formula is C14H16FN3O. The third-order valence-electron chi connectivity index (χ3n) is 2.96. The Bertz CT molecular complexity index is 592. The summed E-state index contributed by atoms with van der Waals surface area (Å²) in [6, 6.07) is 6.47. The number of halogens is 1. The lowest BCUT2D eigenvalue weighted by atomic mass is 10.1. The molecule has 4 nitrogen and oxygen atoms in total. The van der Waals surface area contributed by atoms with E-state index in [2.05, 4.69) is 10.4 Å². The van der Waals surface area contributed by atoms with E-state index in [1.54, 1.807) is 23.9 Å². The molecule has 1 N–H and O–H groups in total. The summed E-state index contributed by atoms with van der Waals surface area (Å²) >= 11 is 0. The molecule has 0 aliphatic carbocycles. The number of hydrogen-bond acceptors (Lipinski definition) is 2. The Morgan fingerprint density at radius 1 is 1.42 bits per heavy atom. The summed E-state index contributed by atoms with van der Waals surface area (Å²) in [4.78, 5) is 11.8. The van der Waals surface area contributed by atoms with Crippen LogP contribution >= 0.6 is 0 Å². The van der Waals surface area contributed by atoms with Gasteiger partial charge < -0.3 is 5.32 Å². The van der Waals surface area contributed by atoms with Crippen molar-refractivity contribution in [3.8, 4) is 0 Å². The zero-order valence-corrected chi connectivity index (χ0v) is 11.0. The van der Waals surface area contributed by atoms with Crippen LogP contribution in [0.25, 0.3) is 0 Å². The maximum Gasteiger partial charge on any atom is 0.254 e. The van der Waals surface area contributed by atoms with Gasteiger partial charge >= 0.3 is 0 Å². The average molecular weight is 261 g/mol. The number of hydrogen-bond donors (Lipinski definition) is 1. The van der Waals surface area contributed by atoms with Crippen molar-refractivity contribution in [3.63, 3.8) is 0 Å². The molecule has 2 rings (SSSR count). The lowest BCUT2D eigenvalue weighted by Gasteiger charge is -2.07. The number of rotatable bonds is 4. The van der Waals surface area contributed by atoms with Crippen LogP contribution in [0.3, 0.4) is 0 Å². The first kappa shape index (κ1) is 13.3. The number of amides is 1. The number of aryl methyl sites for hydroxylation is 2. The van der Waals surface area contributed by atoms with Crippen molar-refractivity contribution in [1.29, 1.82) is 0 Å². The Labute approximate surface area is 111 Å². The van der Waals surface area contributed by atoms with E-state index in [1.807, 2.05) is 13.1 Å². The molecule has 0 saturated heterocycles. The number of aromatic nitrogens is 2. The Balaban J connectivity index is 1.93. The van der Waals surface area contributed by atoms with Crippen molar-refractivity contribution in [2.24, 2.45) is 7.05 Å². The highest BCUT2D eigenvalue weighted by atomic mass is 19.1. The van der Waals surface area contributed by atoms with Gasteiger partial charge in [0.2, 0.25) is 0 Å². The Kier molecular flexibility index (Phi) is 3.94. The lowest BCUT2D eigenvalue weighted by molar-refractivity contribution is 0.0950. The maximum atomic E-state index is 13.6. The van der Waals surface area contributed by atoms with Crippen LogP contribution in [0.2, 0.25) is 0 Å². The molecule has 100 valence electrons. The molecular weight excluding hydrogens is 245 g/mol. The van der Waals surface area contributed by atoms with Crippen molar-refractivity contribution >= 4 is 5.91 Å². The minimum atomic E-state index is -0.488. The normalized spacial score (nSPS) is 10.5. The molecule has 2 aromatic rings. The fourth-order valence-electron chi connectivity index (χ4n) is 1.85. The highest BCUT2D eigenvalue weighted by Gasteiger charge is 2.11. The summed E-state index contributed by atoms with van der Waals surface area (Å²) in [6.07, 6.45) is 2.37. The van der Waals surface area contributed by atoms with E-state index >= 15 is 0 Å². The molecule has 19 heavy (non-hydrogen) atoms. The van der Waals surface area contributed by atoms with Crippen molar-refractivity contribution in [2.45, 2.75) is 13.3 Å². The number of nitrogens with one attached hydrogen (secondary N) is 1. The summed E-state index contributed by atoms with van der Waals surface area (Å²) in [5.74, 6) is -0.877. The topological polar surface area (TPSA) is 46.9 Å². The van der Waals surface area contributed by atoms with Gasteiger partial charge in [-0.05, 0) is 30.7 Å². The van der Waals surface area contributed by atoms with Crippen LogP contribution in [0.4, 0.5) is 4.39 Å². The van der Waals surface area contributed by atoms with Gasteiger partial charge in [-0.15, -0.1) is 0 Å². The first-order valence-electron chi connectivity index (χ1n) is 6.09. The van der Waals surface area contributed by atoms with Crippen molar-refractivity contribution in [3.05, 3.63) is 53.1 Å². The van der Waals surface area contributed by atoms with Crippen LogP contribution in [0.5, 0.6) is 0 Å². The van der Waals surface area contributed by atoms with E-state index in [9.17, 15) is 9.18 Å². The number of nitrogens with zero attached hydrogens (tertiary/aromatic N) is 2. The second-order valence-electron chi connectivity index (χ2n) is 4.44. The van der Waals surface area contributed by atoms with E-state index in [4.69, 9.17) is 0 Å². The molecule has 0 unspecified atom stereocenters. The second-order valence-corrected chi connectivity index (χ2v) is 4.44. The van der Waals surface area contributed by atoms with Gasteiger partial charge in [-0.3, -0.25) is 9.48 Å². The minimum Gasteiger partial charge on any atom is -0.352 e. The summed E-state index contributed by atoms with van der Waals surface area (Å²) < 4.78 is 15.3. The summed E-state index contributed by atoms with van der Waals surface area (Å²) in [6.45, 7) is 2.23. The van der Waals surface area contributed by atoms with Crippen LogP contribution in [-0.4, -0.2) is 22.2 Å². The van der Waals surface area contributed by atoms with Crippen molar-refractivity contribution in [1.82, 2.24) is 15.1 Å². The predicted molar refractivity (Wildman–Crippen MR) is 70.4 cm³/mol. The molecule has 0 spiro atoms. The zero-order valence-electron chi connectivity index (χ0n) is 11.0. The van der Waals surface area contributed by atoms with E-state index in [0.29, 0.717) is 13.0 Å². The van der Waals surface area contributed by atoms with Crippen LogP contribution in [0.15, 0.2) is 30.5 Å². The van der Waals surface area contributed by atoms with Gasteiger partial charge in [0, 0.05) is 31.9 Å².